The molecule has 0 radical (unpaired) electrons. The monoisotopic (exact) mass is 228 g/mol. The highest BCUT2D eigenvalue weighted by molar-refractivity contribution is 6.32. The van der Waals surface area contributed by atoms with Crippen LogP contribution in [0.1, 0.15) is 0 Å². The van der Waals surface area contributed by atoms with Crippen molar-refractivity contribution in [3.8, 4) is 0 Å². The van der Waals surface area contributed by atoms with Crippen LogP contribution in [-0.4, -0.2) is 42.3 Å². The van der Waals surface area contributed by atoms with E-state index in [0.29, 0.717) is 16.9 Å². The van der Waals surface area contributed by atoms with E-state index < -0.39 is 0 Å². The molecule has 2 N–H and O–H groups in total. The van der Waals surface area contributed by atoms with Gasteiger partial charge in [-0.05, 0) is 0 Å². The van der Waals surface area contributed by atoms with Crippen LogP contribution in [0.4, 0.5) is 5.82 Å². The molecule has 0 spiro atoms. The number of morpholine rings is 1. The summed E-state index contributed by atoms with van der Waals surface area (Å²) in [5, 5.41) is 7.03. The quantitative estimate of drug-likeness (QED) is 0.791. The van der Waals surface area contributed by atoms with Crippen LogP contribution in [0.15, 0.2) is 12.5 Å². The van der Waals surface area contributed by atoms with Crippen LogP contribution in [0.2, 0.25) is 5.02 Å². The Hall–Kier alpha value is -0.910. The third-order valence-corrected chi connectivity index (χ3v) is 2.46. The molecule has 1 saturated heterocycles. The minimum atomic E-state index is 0.310. The second-order valence-electron chi connectivity index (χ2n) is 3.33. The molecular formula is C9H13ClN4O. The molecular weight excluding hydrogens is 216 g/mol. The van der Waals surface area contributed by atoms with Gasteiger partial charge in [0.05, 0.1) is 19.4 Å². The van der Waals surface area contributed by atoms with Crippen LogP contribution in [-0.2, 0) is 4.74 Å². The first-order valence-corrected chi connectivity index (χ1v) is 5.24. The fourth-order valence-electron chi connectivity index (χ4n) is 1.41. The second-order valence-corrected chi connectivity index (χ2v) is 3.73. The second kappa shape index (κ2) is 5.25. The molecule has 1 aliphatic heterocycles. The number of ether oxygens (including phenoxy) is 1. The zero-order valence-corrected chi connectivity index (χ0v) is 9.00. The number of nitrogens with one attached hydrogen (secondary N) is 2. The molecule has 1 aromatic rings. The van der Waals surface area contributed by atoms with Crippen LogP contribution in [0.25, 0.3) is 0 Å². The summed E-state index contributed by atoms with van der Waals surface area (Å²) in [5.74, 6) is 0.666. The lowest BCUT2D eigenvalue weighted by Crippen LogP contribution is -2.45. The Kier molecular flexibility index (Phi) is 3.71. The average Bonchev–Trinajstić information content (AvgIpc) is 2.29. The molecule has 0 aromatic carbocycles. The van der Waals surface area contributed by atoms with Crippen molar-refractivity contribution in [1.29, 1.82) is 0 Å². The first kappa shape index (κ1) is 10.6. The number of halogens is 1. The van der Waals surface area contributed by atoms with E-state index in [4.69, 9.17) is 16.3 Å². The van der Waals surface area contributed by atoms with E-state index in [9.17, 15) is 0 Å². The van der Waals surface area contributed by atoms with Crippen molar-refractivity contribution in [2.75, 3.05) is 31.6 Å². The zero-order valence-electron chi connectivity index (χ0n) is 8.24. The Balaban J connectivity index is 1.84. The maximum absolute atomic E-state index is 5.90. The maximum atomic E-state index is 5.90. The zero-order chi connectivity index (χ0) is 10.5. The molecule has 1 atom stereocenters. The van der Waals surface area contributed by atoms with Gasteiger partial charge in [-0.25, -0.2) is 9.97 Å². The highest BCUT2D eigenvalue weighted by Crippen LogP contribution is 2.15. The van der Waals surface area contributed by atoms with Gasteiger partial charge < -0.3 is 15.4 Å². The highest BCUT2D eigenvalue weighted by atomic mass is 35.5. The fraction of sp³-hybridized carbons (Fsp3) is 0.556. The Morgan fingerprint density at radius 3 is 3.33 bits per heavy atom. The van der Waals surface area contributed by atoms with Gasteiger partial charge in [-0.1, -0.05) is 11.6 Å². The molecule has 0 aliphatic carbocycles. The SMILES string of the molecule is Clc1cncnc1NCC1COCCN1. The van der Waals surface area contributed by atoms with Gasteiger partial charge in [0, 0.05) is 19.1 Å². The van der Waals surface area contributed by atoms with Crippen LogP contribution in [0.3, 0.4) is 0 Å². The Labute approximate surface area is 93.2 Å². The van der Waals surface area contributed by atoms with Gasteiger partial charge in [0.2, 0.25) is 0 Å². The lowest BCUT2D eigenvalue weighted by Gasteiger charge is -2.24. The third kappa shape index (κ3) is 3.02. The van der Waals surface area contributed by atoms with E-state index in [-0.39, 0.29) is 0 Å². The molecule has 0 amide bonds. The van der Waals surface area contributed by atoms with E-state index in [1.807, 2.05) is 0 Å². The molecule has 0 bridgehead atoms. The smallest absolute Gasteiger partial charge is 0.148 e. The molecule has 15 heavy (non-hydrogen) atoms. The number of rotatable bonds is 3. The van der Waals surface area contributed by atoms with Crippen LogP contribution in [0.5, 0.6) is 0 Å². The van der Waals surface area contributed by atoms with E-state index in [2.05, 4.69) is 20.6 Å². The predicted molar refractivity (Wildman–Crippen MR) is 58.1 cm³/mol. The number of anilines is 1. The van der Waals surface area contributed by atoms with Gasteiger partial charge in [-0.2, -0.15) is 0 Å². The molecule has 6 heteroatoms. The van der Waals surface area contributed by atoms with Gasteiger partial charge in [0.1, 0.15) is 17.2 Å². The molecule has 1 fully saturated rings. The normalized spacial score (nSPS) is 21.3. The van der Waals surface area contributed by atoms with Crippen molar-refractivity contribution in [2.45, 2.75) is 6.04 Å². The minimum Gasteiger partial charge on any atom is -0.378 e. The average molecular weight is 229 g/mol. The van der Waals surface area contributed by atoms with E-state index >= 15 is 0 Å². The number of hydrogen-bond acceptors (Lipinski definition) is 5. The van der Waals surface area contributed by atoms with Crippen molar-refractivity contribution in [3.05, 3.63) is 17.5 Å². The maximum Gasteiger partial charge on any atom is 0.148 e. The van der Waals surface area contributed by atoms with Gasteiger partial charge in [0.15, 0.2) is 0 Å². The summed E-state index contributed by atoms with van der Waals surface area (Å²) in [6.45, 7) is 3.14. The Morgan fingerprint density at radius 2 is 2.60 bits per heavy atom. The third-order valence-electron chi connectivity index (χ3n) is 2.18. The van der Waals surface area contributed by atoms with Gasteiger partial charge in [-0.3, -0.25) is 0 Å². The van der Waals surface area contributed by atoms with Crippen LogP contribution >= 0.6 is 11.6 Å². The van der Waals surface area contributed by atoms with Gasteiger partial charge in [0.25, 0.3) is 0 Å². The lowest BCUT2D eigenvalue weighted by atomic mass is 10.3. The van der Waals surface area contributed by atoms with Crippen LogP contribution in [0, 0.1) is 0 Å². The summed E-state index contributed by atoms with van der Waals surface area (Å²) in [6, 6.07) is 0.310. The standard InChI is InChI=1S/C9H13ClN4O/c10-8-4-11-6-14-9(8)13-3-7-5-15-2-1-12-7/h4,6-7,12H,1-3,5H2,(H,11,13,14). The number of nitrogens with zero attached hydrogens (tertiary/aromatic N) is 2. The molecule has 5 nitrogen and oxygen atoms in total. The van der Waals surface area contributed by atoms with Gasteiger partial charge in [-0.15, -0.1) is 0 Å². The van der Waals surface area contributed by atoms with E-state index in [0.717, 1.165) is 26.3 Å². The van der Waals surface area contributed by atoms with Crippen molar-refractivity contribution in [2.24, 2.45) is 0 Å². The number of aromatic nitrogens is 2. The van der Waals surface area contributed by atoms with Gasteiger partial charge >= 0.3 is 0 Å². The van der Waals surface area contributed by atoms with Crippen LogP contribution < -0.4 is 10.6 Å². The molecule has 0 saturated carbocycles. The van der Waals surface area contributed by atoms with E-state index in [1.54, 1.807) is 6.20 Å². The summed E-state index contributed by atoms with van der Waals surface area (Å²) in [6.07, 6.45) is 3.04. The predicted octanol–water partition coefficient (Wildman–Crippen LogP) is 0.530. The van der Waals surface area contributed by atoms with Crippen molar-refractivity contribution >= 4 is 17.4 Å². The number of hydrogen-bond donors (Lipinski definition) is 2. The summed E-state index contributed by atoms with van der Waals surface area (Å²) in [7, 11) is 0. The highest BCUT2D eigenvalue weighted by Gasteiger charge is 2.13. The Morgan fingerprint density at radius 1 is 1.67 bits per heavy atom. The first-order valence-electron chi connectivity index (χ1n) is 4.87. The molecule has 1 unspecified atom stereocenters. The first-order chi connectivity index (χ1) is 7.36. The van der Waals surface area contributed by atoms with E-state index in [1.165, 1.54) is 6.33 Å². The molecule has 82 valence electrons. The Bertz CT molecular complexity index is 317. The lowest BCUT2D eigenvalue weighted by molar-refractivity contribution is 0.0806. The molecule has 2 heterocycles. The molecule has 1 aliphatic rings. The van der Waals surface area contributed by atoms with Crippen molar-refractivity contribution in [1.82, 2.24) is 15.3 Å². The minimum absolute atomic E-state index is 0.310. The summed E-state index contributed by atoms with van der Waals surface area (Å²) in [4.78, 5) is 7.86. The summed E-state index contributed by atoms with van der Waals surface area (Å²) < 4.78 is 5.33. The summed E-state index contributed by atoms with van der Waals surface area (Å²) >= 11 is 5.90. The largest absolute Gasteiger partial charge is 0.378 e. The molecule has 2 rings (SSSR count). The summed E-state index contributed by atoms with van der Waals surface area (Å²) in [5.41, 5.74) is 0. The molecule has 1 aromatic heterocycles. The topological polar surface area (TPSA) is 59.1 Å². The van der Waals surface area contributed by atoms with Crippen molar-refractivity contribution < 1.29 is 4.74 Å². The van der Waals surface area contributed by atoms with Crippen molar-refractivity contribution in [3.63, 3.8) is 0 Å². The fourth-order valence-corrected chi connectivity index (χ4v) is 1.59.